The molecule has 0 radical (unpaired) electrons. The van der Waals surface area contributed by atoms with E-state index in [1.165, 1.54) is 16.8 Å². The van der Waals surface area contributed by atoms with Gasteiger partial charge in [-0.2, -0.15) is 0 Å². The van der Waals surface area contributed by atoms with Crippen LogP contribution in [0.5, 0.6) is 0 Å². The van der Waals surface area contributed by atoms with Crippen LogP contribution in [0, 0.1) is 6.92 Å². The van der Waals surface area contributed by atoms with Gasteiger partial charge in [0.25, 0.3) is 0 Å². The Bertz CT molecular complexity index is 1120. The lowest BCUT2D eigenvalue weighted by molar-refractivity contribution is 0.313. The van der Waals surface area contributed by atoms with Crippen molar-refractivity contribution >= 4 is 16.7 Å². The number of aryl methyl sites for hydroxylation is 1. The third-order valence-electron chi connectivity index (χ3n) is 5.78. The number of imidazole rings is 1. The van der Waals surface area contributed by atoms with Crippen molar-refractivity contribution < 1.29 is 0 Å². The zero-order chi connectivity index (χ0) is 19.8. The van der Waals surface area contributed by atoms with Crippen LogP contribution in [-0.4, -0.2) is 57.6 Å². The van der Waals surface area contributed by atoms with Gasteiger partial charge in [0.1, 0.15) is 0 Å². The van der Waals surface area contributed by atoms with E-state index in [-0.39, 0.29) is 0 Å². The fourth-order valence-corrected chi connectivity index (χ4v) is 4.10. The maximum Gasteiger partial charge on any atom is 0.155 e. The lowest BCUT2D eigenvalue weighted by atomic mass is 10.1. The van der Waals surface area contributed by atoms with Gasteiger partial charge in [-0.05, 0) is 55.4 Å². The van der Waals surface area contributed by atoms with E-state index in [1.54, 1.807) is 6.20 Å². The predicted molar refractivity (Wildman–Crippen MR) is 117 cm³/mol. The molecule has 4 aromatic rings. The summed E-state index contributed by atoms with van der Waals surface area (Å²) in [6.45, 7) is 7.27. The molecule has 0 unspecified atom stereocenters. The van der Waals surface area contributed by atoms with Crippen LogP contribution >= 0.6 is 0 Å². The molecule has 0 saturated carbocycles. The molecule has 148 valence electrons. The summed E-state index contributed by atoms with van der Waals surface area (Å²) >= 11 is 0. The van der Waals surface area contributed by atoms with Crippen molar-refractivity contribution in [2.75, 3.05) is 38.1 Å². The highest BCUT2D eigenvalue weighted by Crippen LogP contribution is 2.28. The van der Waals surface area contributed by atoms with E-state index in [1.807, 2.05) is 12.3 Å². The van der Waals surface area contributed by atoms with Gasteiger partial charge in [0.15, 0.2) is 5.82 Å². The number of benzene rings is 1. The van der Waals surface area contributed by atoms with Crippen LogP contribution in [0.4, 0.5) is 5.69 Å². The minimum absolute atomic E-state index is 0.777. The first-order valence-electron chi connectivity index (χ1n) is 10.2. The Balaban J connectivity index is 1.48. The molecular weight excluding hydrogens is 360 g/mol. The summed E-state index contributed by atoms with van der Waals surface area (Å²) in [5.41, 5.74) is 6.91. The maximum absolute atomic E-state index is 4.94. The van der Waals surface area contributed by atoms with Gasteiger partial charge < -0.3 is 19.4 Å². The van der Waals surface area contributed by atoms with E-state index in [4.69, 9.17) is 4.98 Å². The molecule has 1 aromatic carbocycles. The van der Waals surface area contributed by atoms with E-state index >= 15 is 0 Å². The van der Waals surface area contributed by atoms with Crippen molar-refractivity contribution in [3.63, 3.8) is 0 Å². The van der Waals surface area contributed by atoms with Gasteiger partial charge in [0.05, 0.1) is 16.7 Å². The summed E-state index contributed by atoms with van der Waals surface area (Å²) < 4.78 is 2.21. The fraction of sp³-hybridized carbons (Fsp3) is 0.304. The number of fused-ring (bicyclic) bond motifs is 1. The summed E-state index contributed by atoms with van der Waals surface area (Å²) in [5, 5.41) is 0. The topological polar surface area (TPSA) is 53.0 Å². The van der Waals surface area contributed by atoms with E-state index < -0.39 is 0 Å². The normalized spacial score (nSPS) is 15.3. The SMILES string of the molecule is Cc1cc(N2CCN(C)CC2)cc2[nH]c(-c3cccn3Cc3cccnc3)nc12. The number of nitrogens with one attached hydrogen (secondary N) is 1. The van der Waals surface area contributed by atoms with Gasteiger partial charge in [-0.3, -0.25) is 4.98 Å². The molecule has 0 bridgehead atoms. The summed E-state index contributed by atoms with van der Waals surface area (Å²) in [6.07, 6.45) is 5.81. The van der Waals surface area contributed by atoms with Gasteiger partial charge >= 0.3 is 0 Å². The van der Waals surface area contributed by atoms with Crippen molar-refractivity contribution in [3.05, 3.63) is 66.1 Å². The zero-order valence-electron chi connectivity index (χ0n) is 17.0. The smallest absolute Gasteiger partial charge is 0.155 e. The predicted octanol–water partition coefficient (Wildman–Crippen LogP) is 3.53. The molecule has 6 nitrogen and oxygen atoms in total. The molecule has 0 atom stereocenters. The Morgan fingerprint density at radius 2 is 1.93 bits per heavy atom. The molecule has 3 aromatic heterocycles. The molecule has 1 aliphatic rings. The average molecular weight is 387 g/mol. The molecular formula is C23H26N6. The first-order chi connectivity index (χ1) is 14.2. The molecule has 1 saturated heterocycles. The van der Waals surface area contributed by atoms with Crippen LogP contribution < -0.4 is 4.90 Å². The third kappa shape index (κ3) is 3.51. The monoisotopic (exact) mass is 386 g/mol. The van der Waals surface area contributed by atoms with Crippen molar-refractivity contribution in [1.29, 1.82) is 0 Å². The van der Waals surface area contributed by atoms with E-state index in [0.29, 0.717) is 0 Å². The number of pyridine rings is 1. The summed E-state index contributed by atoms with van der Waals surface area (Å²) in [5.74, 6) is 0.910. The number of anilines is 1. The lowest BCUT2D eigenvalue weighted by Crippen LogP contribution is -2.44. The molecule has 5 rings (SSSR count). The minimum atomic E-state index is 0.777. The van der Waals surface area contributed by atoms with Gasteiger partial charge in [-0.1, -0.05) is 6.07 Å². The average Bonchev–Trinajstić information content (AvgIpc) is 3.36. The maximum atomic E-state index is 4.94. The number of likely N-dealkylation sites (N-methyl/N-ethyl adjacent to an activating group) is 1. The Morgan fingerprint density at radius 1 is 1.07 bits per heavy atom. The van der Waals surface area contributed by atoms with Crippen molar-refractivity contribution in [2.45, 2.75) is 13.5 Å². The van der Waals surface area contributed by atoms with E-state index in [2.05, 4.69) is 74.8 Å². The molecule has 1 aliphatic heterocycles. The number of nitrogens with zero attached hydrogens (tertiary/aromatic N) is 5. The Morgan fingerprint density at radius 3 is 2.72 bits per heavy atom. The molecule has 6 heteroatoms. The first kappa shape index (κ1) is 17.9. The number of aromatic amines is 1. The minimum Gasteiger partial charge on any atom is -0.369 e. The van der Waals surface area contributed by atoms with Crippen molar-refractivity contribution in [3.8, 4) is 11.5 Å². The van der Waals surface area contributed by atoms with Crippen LogP contribution in [0.15, 0.2) is 55.0 Å². The number of piperazine rings is 1. The molecule has 0 amide bonds. The van der Waals surface area contributed by atoms with Crippen LogP contribution in [0.3, 0.4) is 0 Å². The highest BCUT2D eigenvalue weighted by Gasteiger charge is 2.17. The summed E-state index contributed by atoms with van der Waals surface area (Å²) in [6, 6.07) is 12.8. The highest BCUT2D eigenvalue weighted by molar-refractivity contribution is 5.85. The molecule has 0 aliphatic carbocycles. The summed E-state index contributed by atoms with van der Waals surface area (Å²) in [7, 11) is 2.19. The van der Waals surface area contributed by atoms with Gasteiger partial charge in [-0.15, -0.1) is 0 Å². The third-order valence-corrected chi connectivity index (χ3v) is 5.78. The fourth-order valence-electron chi connectivity index (χ4n) is 4.10. The van der Waals surface area contributed by atoms with Crippen molar-refractivity contribution in [1.82, 2.24) is 24.4 Å². The zero-order valence-corrected chi connectivity index (χ0v) is 17.0. The quantitative estimate of drug-likeness (QED) is 0.583. The second-order valence-corrected chi connectivity index (χ2v) is 7.92. The Labute approximate surface area is 170 Å². The Hall–Kier alpha value is -3.12. The van der Waals surface area contributed by atoms with Gasteiger partial charge in [0, 0.05) is 57.0 Å². The number of rotatable bonds is 4. The molecule has 4 heterocycles. The van der Waals surface area contributed by atoms with Crippen LogP contribution in [0.1, 0.15) is 11.1 Å². The van der Waals surface area contributed by atoms with Gasteiger partial charge in [0.2, 0.25) is 0 Å². The van der Waals surface area contributed by atoms with Crippen LogP contribution in [0.2, 0.25) is 0 Å². The second-order valence-electron chi connectivity index (χ2n) is 7.92. The molecule has 29 heavy (non-hydrogen) atoms. The number of aromatic nitrogens is 4. The molecule has 1 fully saturated rings. The molecule has 1 N–H and O–H groups in total. The number of hydrogen-bond donors (Lipinski definition) is 1. The lowest BCUT2D eigenvalue weighted by Gasteiger charge is -2.34. The first-order valence-corrected chi connectivity index (χ1v) is 10.2. The Kier molecular flexibility index (Phi) is 4.56. The van der Waals surface area contributed by atoms with Crippen LogP contribution in [0.25, 0.3) is 22.6 Å². The van der Waals surface area contributed by atoms with Crippen molar-refractivity contribution in [2.24, 2.45) is 0 Å². The second kappa shape index (κ2) is 7.37. The van der Waals surface area contributed by atoms with E-state index in [0.717, 1.165) is 55.3 Å². The van der Waals surface area contributed by atoms with E-state index in [9.17, 15) is 0 Å². The summed E-state index contributed by atoms with van der Waals surface area (Å²) in [4.78, 5) is 17.6. The largest absolute Gasteiger partial charge is 0.369 e. The standard InChI is InChI=1S/C23H26N6/c1-17-13-19(28-11-9-27(2)10-12-28)14-20-22(17)26-23(25-20)21-6-4-8-29(21)16-18-5-3-7-24-15-18/h3-8,13-15H,9-12,16H2,1-2H3,(H,25,26). The number of H-pyrrole nitrogens is 1. The molecule has 0 spiro atoms. The van der Waals surface area contributed by atoms with Gasteiger partial charge in [-0.25, -0.2) is 4.98 Å². The van der Waals surface area contributed by atoms with Crippen LogP contribution in [-0.2, 0) is 6.54 Å². The highest BCUT2D eigenvalue weighted by atomic mass is 15.2. The number of hydrogen-bond acceptors (Lipinski definition) is 4.